The van der Waals surface area contributed by atoms with E-state index in [1.54, 1.807) is 0 Å². The van der Waals surface area contributed by atoms with Gasteiger partial charge in [-0.1, -0.05) is 12.1 Å². The molecule has 2 saturated heterocycles. The Bertz CT molecular complexity index is 564. The summed E-state index contributed by atoms with van der Waals surface area (Å²) < 4.78 is 5.30. The number of nitrogens with one attached hydrogen (secondary N) is 1. The SMILES string of the molecule is Cc1cccc(N2CCN(CC[C@H](C)NC(=O)[C@H]3CCOC3)CC2)c1. The average molecular weight is 345 g/mol. The third kappa shape index (κ3) is 5.19. The number of amides is 1. The van der Waals surface area contributed by atoms with Gasteiger partial charge in [0.05, 0.1) is 12.5 Å². The molecule has 5 nitrogen and oxygen atoms in total. The largest absolute Gasteiger partial charge is 0.381 e. The molecule has 0 spiro atoms. The molecule has 0 saturated carbocycles. The van der Waals surface area contributed by atoms with Crippen LogP contribution in [0.5, 0.6) is 0 Å². The van der Waals surface area contributed by atoms with Gasteiger partial charge in [0.2, 0.25) is 5.91 Å². The lowest BCUT2D eigenvalue weighted by Gasteiger charge is -2.36. The van der Waals surface area contributed by atoms with Crippen molar-refractivity contribution >= 4 is 11.6 Å². The van der Waals surface area contributed by atoms with E-state index in [2.05, 4.69) is 53.2 Å². The van der Waals surface area contributed by atoms with Crippen molar-refractivity contribution < 1.29 is 9.53 Å². The summed E-state index contributed by atoms with van der Waals surface area (Å²) in [4.78, 5) is 17.1. The zero-order chi connectivity index (χ0) is 17.6. The number of carbonyl (C=O) groups is 1. The molecule has 2 fully saturated rings. The molecule has 3 rings (SSSR count). The Balaban J connectivity index is 1.36. The summed E-state index contributed by atoms with van der Waals surface area (Å²) in [5, 5.41) is 3.15. The van der Waals surface area contributed by atoms with Crippen LogP contribution in [0.4, 0.5) is 5.69 Å². The summed E-state index contributed by atoms with van der Waals surface area (Å²) in [7, 11) is 0. The van der Waals surface area contributed by atoms with E-state index in [1.165, 1.54) is 11.3 Å². The molecular formula is C20H31N3O2. The highest BCUT2D eigenvalue weighted by molar-refractivity contribution is 5.79. The van der Waals surface area contributed by atoms with Gasteiger partial charge < -0.3 is 15.0 Å². The molecule has 0 radical (unpaired) electrons. The molecule has 2 atom stereocenters. The monoisotopic (exact) mass is 345 g/mol. The molecule has 0 bridgehead atoms. The van der Waals surface area contributed by atoms with Crippen molar-refractivity contribution in [1.29, 1.82) is 0 Å². The molecule has 5 heteroatoms. The minimum Gasteiger partial charge on any atom is -0.381 e. The number of piperazine rings is 1. The highest BCUT2D eigenvalue weighted by Gasteiger charge is 2.24. The van der Waals surface area contributed by atoms with E-state index in [9.17, 15) is 4.79 Å². The maximum Gasteiger partial charge on any atom is 0.225 e. The van der Waals surface area contributed by atoms with Crippen LogP contribution in [-0.4, -0.2) is 62.8 Å². The maximum absolute atomic E-state index is 12.1. The van der Waals surface area contributed by atoms with Crippen molar-refractivity contribution in [3.05, 3.63) is 29.8 Å². The molecule has 1 amide bonds. The molecule has 138 valence electrons. The lowest BCUT2D eigenvalue weighted by atomic mass is 10.1. The van der Waals surface area contributed by atoms with Gasteiger partial charge in [-0.15, -0.1) is 0 Å². The molecule has 25 heavy (non-hydrogen) atoms. The fourth-order valence-electron chi connectivity index (χ4n) is 3.60. The number of benzene rings is 1. The van der Waals surface area contributed by atoms with Crippen LogP contribution < -0.4 is 10.2 Å². The van der Waals surface area contributed by atoms with Gasteiger partial charge in [0.1, 0.15) is 0 Å². The van der Waals surface area contributed by atoms with Crippen LogP contribution in [-0.2, 0) is 9.53 Å². The molecule has 1 aromatic carbocycles. The van der Waals surface area contributed by atoms with Gasteiger partial charge in [0.15, 0.2) is 0 Å². The average Bonchev–Trinajstić information content (AvgIpc) is 3.15. The van der Waals surface area contributed by atoms with Gasteiger partial charge in [-0.2, -0.15) is 0 Å². The van der Waals surface area contributed by atoms with Crippen molar-refractivity contribution in [3.8, 4) is 0 Å². The minimum absolute atomic E-state index is 0.0559. The Labute approximate surface area is 151 Å². The minimum atomic E-state index is 0.0559. The van der Waals surface area contributed by atoms with E-state index in [0.717, 1.165) is 52.2 Å². The van der Waals surface area contributed by atoms with Crippen LogP contribution in [0.25, 0.3) is 0 Å². The summed E-state index contributed by atoms with van der Waals surface area (Å²) in [5.41, 5.74) is 2.65. The normalized spacial score (nSPS) is 22.8. The Morgan fingerprint density at radius 2 is 2.12 bits per heavy atom. The second kappa shape index (κ2) is 8.68. The van der Waals surface area contributed by atoms with Crippen LogP contribution in [0, 0.1) is 12.8 Å². The van der Waals surface area contributed by atoms with Crippen molar-refractivity contribution in [3.63, 3.8) is 0 Å². The highest BCUT2D eigenvalue weighted by atomic mass is 16.5. The predicted octanol–water partition coefficient (Wildman–Crippen LogP) is 2.05. The van der Waals surface area contributed by atoms with E-state index in [0.29, 0.717) is 6.61 Å². The van der Waals surface area contributed by atoms with E-state index in [4.69, 9.17) is 4.74 Å². The summed E-state index contributed by atoms with van der Waals surface area (Å²) in [6.45, 7) is 10.9. The lowest BCUT2D eigenvalue weighted by molar-refractivity contribution is -0.125. The van der Waals surface area contributed by atoms with E-state index < -0.39 is 0 Å². The number of hydrogen-bond donors (Lipinski definition) is 1. The summed E-state index contributed by atoms with van der Waals surface area (Å²) in [6.07, 6.45) is 1.86. The molecule has 0 aliphatic carbocycles. The smallest absolute Gasteiger partial charge is 0.225 e. The molecular weight excluding hydrogens is 314 g/mol. The summed E-state index contributed by atoms with van der Waals surface area (Å²) in [5.74, 6) is 0.217. The third-order valence-corrected chi connectivity index (χ3v) is 5.31. The zero-order valence-electron chi connectivity index (χ0n) is 15.5. The van der Waals surface area contributed by atoms with Gasteiger partial charge in [0, 0.05) is 51.1 Å². The van der Waals surface area contributed by atoms with E-state index >= 15 is 0 Å². The molecule has 0 unspecified atom stereocenters. The summed E-state index contributed by atoms with van der Waals surface area (Å²) in [6, 6.07) is 8.97. The highest BCUT2D eigenvalue weighted by Crippen LogP contribution is 2.18. The molecule has 1 aromatic rings. The third-order valence-electron chi connectivity index (χ3n) is 5.31. The number of anilines is 1. The molecule has 2 aliphatic heterocycles. The van der Waals surface area contributed by atoms with Gasteiger partial charge in [-0.3, -0.25) is 9.69 Å². The fraction of sp³-hybridized carbons (Fsp3) is 0.650. The fourth-order valence-corrected chi connectivity index (χ4v) is 3.60. The van der Waals surface area contributed by atoms with Crippen molar-refractivity contribution in [2.24, 2.45) is 5.92 Å². The number of hydrogen-bond acceptors (Lipinski definition) is 4. The van der Waals surface area contributed by atoms with Gasteiger partial charge >= 0.3 is 0 Å². The molecule has 0 aromatic heterocycles. The first-order valence-corrected chi connectivity index (χ1v) is 9.54. The zero-order valence-corrected chi connectivity index (χ0v) is 15.5. The molecule has 2 heterocycles. The topological polar surface area (TPSA) is 44.8 Å². The first kappa shape index (κ1) is 18.2. The predicted molar refractivity (Wildman–Crippen MR) is 101 cm³/mol. The Morgan fingerprint density at radius 1 is 1.32 bits per heavy atom. The second-order valence-corrected chi connectivity index (χ2v) is 7.43. The van der Waals surface area contributed by atoms with Crippen LogP contribution >= 0.6 is 0 Å². The van der Waals surface area contributed by atoms with Gasteiger partial charge in [-0.25, -0.2) is 0 Å². The Kier molecular flexibility index (Phi) is 6.32. The van der Waals surface area contributed by atoms with Crippen LogP contribution in [0.3, 0.4) is 0 Å². The van der Waals surface area contributed by atoms with E-state index in [1.807, 2.05) is 0 Å². The first-order valence-electron chi connectivity index (χ1n) is 9.54. The van der Waals surface area contributed by atoms with Crippen LogP contribution in [0.15, 0.2) is 24.3 Å². The Morgan fingerprint density at radius 3 is 2.80 bits per heavy atom. The molecule has 1 N–H and O–H groups in total. The van der Waals surface area contributed by atoms with Gasteiger partial charge in [0.25, 0.3) is 0 Å². The summed E-state index contributed by atoms with van der Waals surface area (Å²) >= 11 is 0. The van der Waals surface area contributed by atoms with Crippen molar-refractivity contribution in [2.75, 3.05) is 50.8 Å². The van der Waals surface area contributed by atoms with Gasteiger partial charge in [-0.05, 0) is 44.4 Å². The number of rotatable bonds is 6. The Hall–Kier alpha value is -1.59. The van der Waals surface area contributed by atoms with E-state index in [-0.39, 0.29) is 17.9 Å². The van der Waals surface area contributed by atoms with Crippen LogP contribution in [0.1, 0.15) is 25.3 Å². The quantitative estimate of drug-likeness (QED) is 0.857. The molecule has 2 aliphatic rings. The standard InChI is InChI=1S/C20H31N3O2/c1-16-4-3-5-19(14-16)23-11-9-22(10-12-23)8-6-17(2)21-20(24)18-7-13-25-15-18/h3-5,14,17-18H,6-13,15H2,1-2H3,(H,21,24)/t17-,18-/m0/s1. The number of aryl methyl sites for hydroxylation is 1. The number of ether oxygens (including phenoxy) is 1. The lowest BCUT2D eigenvalue weighted by Crippen LogP contribution is -2.48. The van der Waals surface area contributed by atoms with Crippen LogP contribution in [0.2, 0.25) is 0 Å². The first-order chi connectivity index (χ1) is 12.1. The van der Waals surface area contributed by atoms with Crippen molar-refractivity contribution in [1.82, 2.24) is 10.2 Å². The van der Waals surface area contributed by atoms with Crippen molar-refractivity contribution in [2.45, 2.75) is 32.7 Å². The number of carbonyl (C=O) groups excluding carboxylic acids is 1. The maximum atomic E-state index is 12.1. The number of nitrogens with zero attached hydrogens (tertiary/aromatic N) is 2. The second-order valence-electron chi connectivity index (χ2n) is 7.43.